The van der Waals surface area contributed by atoms with Gasteiger partial charge in [0.15, 0.2) is 0 Å². The summed E-state index contributed by atoms with van der Waals surface area (Å²) >= 11 is 0. The van der Waals surface area contributed by atoms with Crippen LogP contribution in [0.4, 0.5) is 5.69 Å². The molecule has 0 aliphatic heterocycles. The van der Waals surface area contributed by atoms with Gasteiger partial charge in [0.25, 0.3) is 0 Å². The molecule has 0 saturated heterocycles. The molecular weight excluding hydrogens is 220 g/mol. The molecule has 1 aromatic carbocycles. The highest BCUT2D eigenvalue weighted by atomic mass is 15.1. The Morgan fingerprint density at radius 1 is 1.22 bits per heavy atom. The van der Waals surface area contributed by atoms with E-state index in [4.69, 9.17) is 0 Å². The molecule has 0 atom stereocenters. The third-order valence-electron chi connectivity index (χ3n) is 3.03. The van der Waals surface area contributed by atoms with E-state index in [9.17, 15) is 0 Å². The number of anilines is 1. The summed E-state index contributed by atoms with van der Waals surface area (Å²) in [4.78, 5) is 6.28. The first-order valence-electron chi connectivity index (χ1n) is 6.14. The molecular formula is C16H22N2. The average Bonchev–Trinajstić information content (AvgIpc) is 2.38. The minimum Gasteiger partial charge on any atom is -0.348 e. The zero-order valence-corrected chi connectivity index (χ0v) is 11.9. The van der Waals surface area contributed by atoms with Gasteiger partial charge in [-0.15, -0.1) is 0 Å². The molecule has 0 fully saturated rings. The molecule has 0 radical (unpaired) electrons. The maximum atomic E-state index is 4.09. The van der Waals surface area contributed by atoms with E-state index in [-0.39, 0.29) is 0 Å². The first-order valence-corrected chi connectivity index (χ1v) is 6.14. The number of allylic oxidation sites excluding steroid dienone is 4. The Morgan fingerprint density at radius 3 is 2.50 bits per heavy atom. The minimum absolute atomic E-state index is 1.03. The Morgan fingerprint density at radius 2 is 1.89 bits per heavy atom. The van der Waals surface area contributed by atoms with E-state index in [1.165, 1.54) is 16.9 Å². The highest BCUT2D eigenvalue weighted by molar-refractivity contribution is 5.92. The van der Waals surface area contributed by atoms with Crippen LogP contribution in [0.1, 0.15) is 19.4 Å². The second-order valence-electron chi connectivity index (χ2n) is 4.38. The number of rotatable bonds is 4. The van der Waals surface area contributed by atoms with Crippen molar-refractivity contribution in [3.05, 3.63) is 53.8 Å². The number of benzene rings is 1. The molecule has 0 bridgehead atoms. The van der Waals surface area contributed by atoms with Crippen LogP contribution in [0, 0.1) is 6.92 Å². The van der Waals surface area contributed by atoms with Crippen molar-refractivity contribution in [2.75, 3.05) is 19.0 Å². The smallest absolute Gasteiger partial charge is 0.0435 e. The van der Waals surface area contributed by atoms with Crippen molar-refractivity contribution in [2.24, 2.45) is 4.99 Å². The SMILES string of the molecule is C\N=C(C)/C=C/C=C(\C)N(C)c1ccccc1C. The lowest BCUT2D eigenvalue weighted by Gasteiger charge is -2.21. The van der Waals surface area contributed by atoms with Gasteiger partial charge in [-0.2, -0.15) is 0 Å². The van der Waals surface area contributed by atoms with E-state index in [2.05, 4.69) is 61.1 Å². The van der Waals surface area contributed by atoms with E-state index in [0.717, 1.165) is 5.71 Å². The fraction of sp³-hybridized carbons (Fsp3) is 0.312. The minimum atomic E-state index is 1.03. The molecule has 18 heavy (non-hydrogen) atoms. The van der Waals surface area contributed by atoms with Gasteiger partial charge in [-0.05, 0) is 44.6 Å². The normalized spacial score (nSPS) is 13.2. The van der Waals surface area contributed by atoms with E-state index in [1.54, 1.807) is 7.05 Å². The number of nitrogens with zero attached hydrogens (tertiary/aromatic N) is 2. The summed E-state index contributed by atoms with van der Waals surface area (Å²) in [6.07, 6.45) is 6.14. The Bertz CT molecular complexity index is 482. The second kappa shape index (κ2) is 6.80. The van der Waals surface area contributed by atoms with Gasteiger partial charge in [0.1, 0.15) is 0 Å². The zero-order valence-electron chi connectivity index (χ0n) is 11.9. The Labute approximate surface area is 110 Å². The van der Waals surface area contributed by atoms with Crippen LogP contribution in [0.15, 0.2) is 53.2 Å². The van der Waals surface area contributed by atoms with Crippen LogP contribution < -0.4 is 4.90 Å². The molecule has 2 nitrogen and oxygen atoms in total. The molecule has 2 heteroatoms. The van der Waals surface area contributed by atoms with E-state index < -0.39 is 0 Å². The number of para-hydroxylation sites is 1. The first-order chi connectivity index (χ1) is 8.56. The number of hydrogen-bond donors (Lipinski definition) is 0. The molecule has 1 rings (SSSR count). The van der Waals surface area contributed by atoms with E-state index >= 15 is 0 Å². The fourth-order valence-corrected chi connectivity index (χ4v) is 1.64. The first kappa shape index (κ1) is 14.2. The summed E-state index contributed by atoms with van der Waals surface area (Å²) < 4.78 is 0. The van der Waals surface area contributed by atoms with Crippen LogP contribution >= 0.6 is 0 Å². The van der Waals surface area contributed by atoms with Gasteiger partial charge < -0.3 is 4.90 Å². The van der Waals surface area contributed by atoms with Crippen LogP contribution in [-0.4, -0.2) is 19.8 Å². The van der Waals surface area contributed by atoms with Crippen molar-refractivity contribution < 1.29 is 0 Å². The number of hydrogen-bond acceptors (Lipinski definition) is 2. The quantitative estimate of drug-likeness (QED) is 0.576. The highest BCUT2D eigenvalue weighted by Crippen LogP contribution is 2.21. The van der Waals surface area contributed by atoms with Gasteiger partial charge >= 0.3 is 0 Å². The van der Waals surface area contributed by atoms with Crippen molar-refractivity contribution >= 4 is 11.4 Å². The molecule has 0 amide bonds. The van der Waals surface area contributed by atoms with E-state index in [0.29, 0.717) is 0 Å². The molecule has 0 heterocycles. The molecule has 0 aromatic heterocycles. The maximum Gasteiger partial charge on any atom is 0.0435 e. The van der Waals surface area contributed by atoms with Crippen LogP contribution in [0.25, 0.3) is 0 Å². The Balaban J connectivity index is 2.85. The topological polar surface area (TPSA) is 15.6 Å². The van der Waals surface area contributed by atoms with Crippen molar-refractivity contribution in [1.82, 2.24) is 0 Å². The average molecular weight is 242 g/mol. The standard InChI is InChI=1S/C16H22N2/c1-13-9-6-7-12-16(13)18(5)15(3)11-8-10-14(2)17-4/h6-12H,1-5H3/b10-8+,15-11+,17-14-. The number of aliphatic imine (C=N–C) groups is 1. The maximum absolute atomic E-state index is 4.09. The van der Waals surface area contributed by atoms with Crippen LogP contribution in [0.3, 0.4) is 0 Å². The largest absolute Gasteiger partial charge is 0.348 e. The van der Waals surface area contributed by atoms with Crippen molar-refractivity contribution in [1.29, 1.82) is 0 Å². The third-order valence-corrected chi connectivity index (χ3v) is 3.03. The predicted octanol–water partition coefficient (Wildman–Crippen LogP) is 3.98. The summed E-state index contributed by atoms with van der Waals surface area (Å²) in [5.41, 5.74) is 4.74. The summed E-state index contributed by atoms with van der Waals surface area (Å²) in [6, 6.07) is 8.39. The molecule has 0 aliphatic rings. The Hall–Kier alpha value is -1.83. The predicted molar refractivity (Wildman–Crippen MR) is 81.5 cm³/mol. The fourth-order valence-electron chi connectivity index (χ4n) is 1.64. The van der Waals surface area contributed by atoms with Gasteiger partial charge in [0, 0.05) is 31.2 Å². The lowest BCUT2D eigenvalue weighted by molar-refractivity contribution is 1.08. The van der Waals surface area contributed by atoms with Crippen molar-refractivity contribution in [2.45, 2.75) is 20.8 Å². The summed E-state index contributed by atoms with van der Waals surface area (Å²) in [6.45, 7) is 6.22. The summed E-state index contributed by atoms with van der Waals surface area (Å²) in [5, 5.41) is 0. The van der Waals surface area contributed by atoms with Gasteiger partial charge in [-0.25, -0.2) is 0 Å². The third kappa shape index (κ3) is 3.88. The summed E-state index contributed by atoms with van der Waals surface area (Å²) in [5.74, 6) is 0. The van der Waals surface area contributed by atoms with Gasteiger partial charge in [0.05, 0.1) is 0 Å². The van der Waals surface area contributed by atoms with Crippen molar-refractivity contribution in [3.8, 4) is 0 Å². The van der Waals surface area contributed by atoms with Crippen LogP contribution in [0.5, 0.6) is 0 Å². The zero-order chi connectivity index (χ0) is 13.5. The van der Waals surface area contributed by atoms with E-state index in [1.807, 2.05) is 19.1 Å². The van der Waals surface area contributed by atoms with Crippen LogP contribution in [-0.2, 0) is 0 Å². The molecule has 0 saturated carbocycles. The molecule has 1 aromatic rings. The Kier molecular flexibility index (Phi) is 5.37. The monoisotopic (exact) mass is 242 g/mol. The molecule has 0 spiro atoms. The lowest BCUT2D eigenvalue weighted by Crippen LogP contribution is -2.15. The lowest BCUT2D eigenvalue weighted by atomic mass is 10.2. The molecule has 96 valence electrons. The van der Waals surface area contributed by atoms with Crippen LogP contribution in [0.2, 0.25) is 0 Å². The van der Waals surface area contributed by atoms with Crippen molar-refractivity contribution in [3.63, 3.8) is 0 Å². The summed E-state index contributed by atoms with van der Waals surface area (Å²) in [7, 11) is 3.89. The van der Waals surface area contributed by atoms with Gasteiger partial charge in [-0.1, -0.05) is 24.3 Å². The van der Waals surface area contributed by atoms with Gasteiger partial charge in [0.2, 0.25) is 0 Å². The number of aryl methyl sites for hydroxylation is 1. The molecule has 0 aliphatic carbocycles. The molecule has 0 unspecified atom stereocenters. The molecule has 0 N–H and O–H groups in total. The highest BCUT2D eigenvalue weighted by Gasteiger charge is 2.03. The second-order valence-corrected chi connectivity index (χ2v) is 4.38. The van der Waals surface area contributed by atoms with Gasteiger partial charge in [-0.3, -0.25) is 4.99 Å².